The first-order valence-electron chi connectivity index (χ1n) is 17.0. The van der Waals surface area contributed by atoms with E-state index in [4.69, 9.17) is 9.40 Å². The Kier molecular flexibility index (Phi) is 11.3. The number of rotatable bonds is 8. The minimum atomic E-state index is -0.222. The van der Waals surface area contributed by atoms with Crippen LogP contribution < -0.4 is 0 Å². The Bertz CT molecular complexity index is 1930. The van der Waals surface area contributed by atoms with Crippen molar-refractivity contribution in [1.82, 2.24) is 4.98 Å². The molecule has 5 aromatic rings. The number of carbonyl (C=O) groups is 1. The molecule has 6 heteroatoms. The van der Waals surface area contributed by atoms with E-state index in [9.17, 15) is 9.90 Å². The normalized spacial score (nSPS) is 14.0. The summed E-state index contributed by atoms with van der Waals surface area (Å²) in [5.41, 5.74) is 6.09. The topological polar surface area (TPSA) is 63.3 Å². The summed E-state index contributed by atoms with van der Waals surface area (Å²) >= 11 is 1.75. The first kappa shape index (κ1) is 37.0. The Morgan fingerprint density at radius 3 is 2.26 bits per heavy atom. The quantitative estimate of drug-likeness (QED) is 0.0961. The smallest absolute Gasteiger partial charge is 0.188 e. The van der Waals surface area contributed by atoms with Crippen molar-refractivity contribution in [3.05, 3.63) is 76.9 Å². The molecule has 0 amide bonds. The number of aryl methyl sites for hydroxylation is 1. The van der Waals surface area contributed by atoms with Crippen molar-refractivity contribution >= 4 is 48.3 Å². The van der Waals surface area contributed by atoms with Crippen LogP contribution in [0.15, 0.2) is 52.8 Å². The van der Waals surface area contributed by atoms with Crippen LogP contribution >= 0.6 is 11.3 Å². The van der Waals surface area contributed by atoms with Crippen LogP contribution in [0.25, 0.3) is 42.4 Å². The van der Waals surface area contributed by atoms with Gasteiger partial charge in [-0.1, -0.05) is 115 Å². The third kappa shape index (κ3) is 6.89. The molecule has 3 aromatic heterocycles. The second-order valence-corrected chi connectivity index (χ2v) is 15.6. The molecule has 0 saturated carbocycles. The van der Waals surface area contributed by atoms with E-state index in [1.165, 1.54) is 43.6 Å². The molecule has 0 aliphatic heterocycles. The SMILES string of the molecule is CCC(CC)C(=O)/C=C(\O)C(CC)CC.Cc1c2c([c-]c3ccccc13)-c1nccc3sc4oc(CC(C)(C)C)c(c4c13)C2(C)C.[Ir]. The van der Waals surface area contributed by atoms with Crippen LogP contribution in [-0.4, -0.2) is 15.9 Å². The zero-order valence-electron chi connectivity index (χ0n) is 29.7. The molecular formula is C41H50IrNO3S-. The number of pyridine rings is 1. The standard InChI is InChI=1S/C28H26NOS.C13H24O2.Ir/c1-15-17-10-8-7-9-16(17)13-18-23(15)28(5,6)24-19(14-27(2,3)4)30-26-22(24)21-20(31-26)11-12-29-25(18)21;1-5-10(6-2)12(14)9-13(15)11(7-3)8-4;/h7-12H,14H2,1-6H3;9-11,14H,5-8H2,1-4H3;/q-1;;/b;12-9-;. The van der Waals surface area contributed by atoms with Crippen LogP contribution in [0.4, 0.5) is 0 Å². The number of nitrogens with zero attached hydrogens (tertiary/aromatic N) is 1. The summed E-state index contributed by atoms with van der Waals surface area (Å²) in [6.07, 6.45) is 7.75. The van der Waals surface area contributed by atoms with E-state index in [1.54, 1.807) is 11.3 Å². The van der Waals surface area contributed by atoms with Crippen LogP contribution in [0.3, 0.4) is 0 Å². The number of aliphatic hydroxyl groups excluding tert-OH is 1. The van der Waals surface area contributed by atoms with Gasteiger partial charge in [0.1, 0.15) is 5.76 Å². The predicted octanol–water partition coefficient (Wildman–Crippen LogP) is 12.1. The number of aliphatic hydroxyl groups is 1. The van der Waals surface area contributed by atoms with Gasteiger partial charge in [0.25, 0.3) is 0 Å². The number of ketones is 1. The summed E-state index contributed by atoms with van der Waals surface area (Å²) in [4.78, 5) is 17.7. The molecule has 0 atom stereocenters. The first-order valence-corrected chi connectivity index (χ1v) is 17.8. The van der Waals surface area contributed by atoms with Crippen LogP contribution in [0.2, 0.25) is 0 Å². The molecule has 1 aliphatic rings. The van der Waals surface area contributed by atoms with Gasteiger partial charge in [-0.25, -0.2) is 0 Å². The summed E-state index contributed by atoms with van der Waals surface area (Å²) in [5.74, 6) is 1.67. The Hall–Kier alpha value is -2.79. The van der Waals surface area contributed by atoms with Crippen molar-refractivity contribution in [2.75, 3.05) is 0 Å². The fourth-order valence-electron chi connectivity index (χ4n) is 7.38. The maximum absolute atomic E-state index is 11.7. The van der Waals surface area contributed by atoms with E-state index >= 15 is 0 Å². The van der Waals surface area contributed by atoms with Crippen LogP contribution in [0, 0.1) is 30.2 Å². The molecule has 0 saturated heterocycles. The summed E-state index contributed by atoms with van der Waals surface area (Å²) in [6.45, 7) is 21.9. The predicted molar refractivity (Wildman–Crippen MR) is 195 cm³/mol. The maximum Gasteiger partial charge on any atom is 0.188 e. The van der Waals surface area contributed by atoms with E-state index in [0.717, 1.165) is 59.4 Å². The second-order valence-electron chi connectivity index (χ2n) is 14.6. The van der Waals surface area contributed by atoms with Gasteiger partial charge in [-0.2, -0.15) is 0 Å². The average molecular weight is 829 g/mol. The van der Waals surface area contributed by atoms with Gasteiger partial charge in [0.05, 0.1) is 5.76 Å². The number of carbonyl (C=O) groups excluding carboxylic acids is 1. The number of thiophene rings is 1. The molecule has 4 nitrogen and oxygen atoms in total. The average Bonchev–Trinajstić information content (AvgIpc) is 3.50. The number of aromatic nitrogens is 1. The largest absolute Gasteiger partial charge is 0.512 e. The minimum Gasteiger partial charge on any atom is -0.512 e. The molecule has 0 unspecified atom stereocenters. The Labute approximate surface area is 298 Å². The van der Waals surface area contributed by atoms with Gasteiger partial charge >= 0.3 is 0 Å². The van der Waals surface area contributed by atoms with Crippen molar-refractivity contribution in [2.45, 2.75) is 107 Å². The van der Waals surface area contributed by atoms with E-state index < -0.39 is 0 Å². The molecule has 1 N–H and O–H groups in total. The van der Waals surface area contributed by atoms with Crippen molar-refractivity contribution in [1.29, 1.82) is 0 Å². The summed E-state index contributed by atoms with van der Waals surface area (Å²) in [5, 5.41) is 14.7. The van der Waals surface area contributed by atoms with E-state index in [1.807, 2.05) is 33.9 Å². The number of hydrogen-bond acceptors (Lipinski definition) is 5. The minimum absolute atomic E-state index is 0. The first-order chi connectivity index (χ1) is 21.8. The monoisotopic (exact) mass is 829 g/mol. The van der Waals surface area contributed by atoms with E-state index in [-0.39, 0.29) is 54.3 Å². The fourth-order valence-corrected chi connectivity index (χ4v) is 8.46. The number of furan rings is 1. The maximum atomic E-state index is 11.7. The van der Waals surface area contributed by atoms with E-state index in [0.29, 0.717) is 0 Å². The zero-order chi connectivity index (χ0) is 33.6. The zero-order valence-corrected chi connectivity index (χ0v) is 32.9. The summed E-state index contributed by atoms with van der Waals surface area (Å²) in [6, 6.07) is 14.5. The van der Waals surface area contributed by atoms with Gasteiger partial charge in [-0.3, -0.25) is 9.78 Å². The Morgan fingerprint density at radius 1 is 1.00 bits per heavy atom. The Balaban J connectivity index is 0.000000269. The van der Waals surface area contributed by atoms with Crippen LogP contribution in [0.5, 0.6) is 0 Å². The number of benzene rings is 2. The third-order valence-electron chi connectivity index (χ3n) is 9.79. The van der Waals surface area contributed by atoms with Crippen LogP contribution in [-0.2, 0) is 36.7 Å². The van der Waals surface area contributed by atoms with Gasteiger partial charge in [-0.15, -0.1) is 23.1 Å². The molecule has 0 bridgehead atoms. The van der Waals surface area contributed by atoms with Gasteiger partial charge < -0.3 is 9.52 Å². The van der Waals surface area contributed by atoms with Crippen LogP contribution in [0.1, 0.15) is 110 Å². The summed E-state index contributed by atoms with van der Waals surface area (Å²) in [7, 11) is 0. The fraction of sp³-hybridized carbons (Fsp3) is 0.463. The third-order valence-corrected chi connectivity index (χ3v) is 10.8. The van der Waals surface area contributed by atoms with Gasteiger partial charge in [0, 0.05) is 72.0 Å². The number of hydrogen-bond donors (Lipinski definition) is 1. The molecule has 1 radical (unpaired) electrons. The molecule has 2 aromatic carbocycles. The molecule has 3 heterocycles. The van der Waals surface area contributed by atoms with Crippen molar-refractivity contribution in [3.8, 4) is 11.3 Å². The molecule has 6 rings (SSSR count). The molecule has 0 fully saturated rings. The molecule has 47 heavy (non-hydrogen) atoms. The molecule has 1 aliphatic carbocycles. The second kappa shape index (κ2) is 14.4. The van der Waals surface area contributed by atoms with E-state index in [2.05, 4.69) is 77.9 Å². The number of fused-ring (bicyclic) bond motifs is 3. The molecule has 253 valence electrons. The van der Waals surface area contributed by atoms with Crippen molar-refractivity contribution in [2.24, 2.45) is 17.3 Å². The van der Waals surface area contributed by atoms with Gasteiger partial charge in [0.15, 0.2) is 10.7 Å². The van der Waals surface area contributed by atoms with Gasteiger partial charge in [-0.05, 0) is 48.0 Å². The molecule has 0 spiro atoms. The number of allylic oxidation sites excluding steroid dienone is 2. The molecular weight excluding hydrogens is 779 g/mol. The Morgan fingerprint density at radius 2 is 1.64 bits per heavy atom. The van der Waals surface area contributed by atoms with Crippen molar-refractivity contribution < 1.29 is 34.4 Å². The van der Waals surface area contributed by atoms with Gasteiger partial charge in [0.2, 0.25) is 0 Å². The van der Waals surface area contributed by atoms with Crippen molar-refractivity contribution in [3.63, 3.8) is 0 Å². The summed E-state index contributed by atoms with van der Waals surface area (Å²) < 4.78 is 7.84.